The highest BCUT2D eigenvalue weighted by Crippen LogP contribution is 2.12. The summed E-state index contributed by atoms with van der Waals surface area (Å²) < 4.78 is 5.28. The molecule has 0 bridgehead atoms. The van der Waals surface area contributed by atoms with Crippen molar-refractivity contribution in [3.05, 3.63) is 48.2 Å². The van der Waals surface area contributed by atoms with Gasteiger partial charge in [0.1, 0.15) is 11.5 Å². The second-order valence-electron chi connectivity index (χ2n) is 5.15. The molecule has 0 spiro atoms. The predicted molar refractivity (Wildman–Crippen MR) is 86.8 cm³/mol. The lowest BCUT2D eigenvalue weighted by atomic mass is 10.2. The molecule has 0 aliphatic rings. The SMILES string of the molecule is CCCN(CCC)C(=O)c1cc(NCc2ccco2)ccn1. The molecule has 0 radical (unpaired) electrons. The van der Waals surface area contributed by atoms with Crippen LogP contribution in [0.5, 0.6) is 0 Å². The van der Waals surface area contributed by atoms with Gasteiger partial charge in [0.25, 0.3) is 5.91 Å². The summed E-state index contributed by atoms with van der Waals surface area (Å²) in [5.41, 5.74) is 1.34. The van der Waals surface area contributed by atoms with Gasteiger partial charge < -0.3 is 14.6 Å². The summed E-state index contributed by atoms with van der Waals surface area (Å²) in [6.45, 7) is 6.25. The van der Waals surface area contributed by atoms with Crippen molar-refractivity contribution in [1.82, 2.24) is 9.88 Å². The molecule has 2 rings (SSSR count). The van der Waals surface area contributed by atoms with Crippen LogP contribution in [0.25, 0.3) is 0 Å². The summed E-state index contributed by atoms with van der Waals surface area (Å²) in [5, 5.41) is 3.24. The Labute approximate surface area is 131 Å². The number of nitrogens with one attached hydrogen (secondary N) is 1. The average molecular weight is 301 g/mol. The number of furan rings is 1. The van der Waals surface area contributed by atoms with E-state index in [2.05, 4.69) is 24.1 Å². The van der Waals surface area contributed by atoms with Crippen molar-refractivity contribution in [2.24, 2.45) is 0 Å². The van der Waals surface area contributed by atoms with Crippen LogP contribution in [0, 0.1) is 0 Å². The van der Waals surface area contributed by atoms with E-state index in [1.807, 2.05) is 23.1 Å². The molecule has 0 unspecified atom stereocenters. The zero-order valence-corrected chi connectivity index (χ0v) is 13.2. The highest BCUT2D eigenvalue weighted by atomic mass is 16.3. The minimum atomic E-state index is -0.00894. The number of carbonyl (C=O) groups excluding carboxylic acids is 1. The minimum Gasteiger partial charge on any atom is -0.467 e. The number of amides is 1. The monoisotopic (exact) mass is 301 g/mol. The first-order valence-corrected chi connectivity index (χ1v) is 7.76. The van der Waals surface area contributed by atoms with Crippen LogP contribution in [0.3, 0.4) is 0 Å². The third-order valence-corrected chi connectivity index (χ3v) is 3.30. The Kier molecular flexibility index (Phi) is 6.01. The first-order chi connectivity index (χ1) is 10.7. The Bertz CT molecular complexity index is 575. The molecule has 2 aromatic rings. The molecule has 5 heteroatoms. The lowest BCUT2D eigenvalue weighted by Gasteiger charge is -2.21. The van der Waals surface area contributed by atoms with Crippen LogP contribution < -0.4 is 5.32 Å². The fourth-order valence-corrected chi connectivity index (χ4v) is 2.28. The van der Waals surface area contributed by atoms with E-state index in [0.717, 1.165) is 37.4 Å². The van der Waals surface area contributed by atoms with Gasteiger partial charge in [-0.2, -0.15) is 0 Å². The summed E-state index contributed by atoms with van der Waals surface area (Å²) in [6.07, 6.45) is 5.20. The number of aromatic nitrogens is 1. The quantitative estimate of drug-likeness (QED) is 0.810. The third kappa shape index (κ3) is 4.35. The van der Waals surface area contributed by atoms with Crippen molar-refractivity contribution >= 4 is 11.6 Å². The largest absolute Gasteiger partial charge is 0.467 e. The van der Waals surface area contributed by atoms with E-state index < -0.39 is 0 Å². The lowest BCUT2D eigenvalue weighted by molar-refractivity contribution is 0.0749. The van der Waals surface area contributed by atoms with Crippen LogP contribution >= 0.6 is 0 Å². The second-order valence-corrected chi connectivity index (χ2v) is 5.15. The van der Waals surface area contributed by atoms with Crippen molar-refractivity contribution in [1.29, 1.82) is 0 Å². The van der Waals surface area contributed by atoms with Crippen LogP contribution in [0.4, 0.5) is 5.69 Å². The van der Waals surface area contributed by atoms with Crippen LogP contribution in [0.1, 0.15) is 42.9 Å². The zero-order chi connectivity index (χ0) is 15.8. The summed E-state index contributed by atoms with van der Waals surface area (Å²) >= 11 is 0. The fourth-order valence-electron chi connectivity index (χ4n) is 2.28. The first-order valence-electron chi connectivity index (χ1n) is 7.76. The summed E-state index contributed by atoms with van der Waals surface area (Å²) in [7, 11) is 0. The number of carbonyl (C=O) groups is 1. The smallest absolute Gasteiger partial charge is 0.272 e. The molecule has 2 aromatic heterocycles. The molecule has 22 heavy (non-hydrogen) atoms. The molecular formula is C17H23N3O2. The van der Waals surface area contributed by atoms with E-state index in [9.17, 15) is 4.79 Å². The third-order valence-electron chi connectivity index (χ3n) is 3.30. The molecule has 0 saturated carbocycles. The predicted octanol–water partition coefficient (Wildman–Crippen LogP) is 3.55. The maximum absolute atomic E-state index is 12.5. The standard InChI is InChI=1S/C17H23N3O2/c1-3-9-20(10-4-2)17(21)16-12-14(7-8-18-16)19-13-15-6-5-11-22-15/h5-8,11-12H,3-4,9-10,13H2,1-2H3,(H,18,19). The number of anilines is 1. The number of hydrogen-bond donors (Lipinski definition) is 1. The van der Waals surface area contributed by atoms with Crippen LogP contribution in [-0.4, -0.2) is 28.9 Å². The van der Waals surface area contributed by atoms with Crippen molar-refractivity contribution in [3.8, 4) is 0 Å². The van der Waals surface area contributed by atoms with Gasteiger partial charge in [-0.25, -0.2) is 0 Å². The van der Waals surface area contributed by atoms with Crippen molar-refractivity contribution in [3.63, 3.8) is 0 Å². The Morgan fingerprint density at radius 3 is 2.68 bits per heavy atom. The van der Waals surface area contributed by atoms with Gasteiger partial charge in [-0.15, -0.1) is 0 Å². The summed E-state index contributed by atoms with van der Waals surface area (Å²) in [4.78, 5) is 18.6. The van der Waals surface area contributed by atoms with Gasteiger partial charge in [-0.3, -0.25) is 9.78 Å². The van der Waals surface area contributed by atoms with E-state index in [1.54, 1.807) is 18.5 Å². The molecule has 0 fully saturated rings. The number of nitrogens with zero attached hydrogens (tertiary/aromatic N) is 2. The number of rotatable bonds is 8. The van der Waals surface area contributed by atoms with Gasteiger partial charge in [0.05, 0.1) is 12.8 Å². The maximum atomic E-state index is 12.5. The maximum Gasteiger partial charge on any atom is 0.272 e. The molecule has 0 atom stereocenters. The second kappa shape index (κ2) is 8.22. The lowest BCUT2D eigenvalue weighted by Crippen LogP contribution is -2.33. The molecule has 118 valence electrons. The molecule has 2 heterocycles. The number of hydrogen-bond acceptors (Lipinski definition) is 4. The zero-order valence-electron chi connectivity index (χ0n) is 13.2. The molecule has 0 aliphatic carbocycles. The van der Waals surface area contributed by atoms with E-state index in [-0.39, 0.29) is 5.91 Å². The Balaban J connectivity index is 2.04. The average Bonchev–Trinajstić information content (AvgIpc) is 3.06. The van der Waals surface area contributed by atoms with Crippen LogP contribution in [-0.2, 0) is 6.54 Å². The first kappa shape index (κ1) is 16.1. The van der Waals surface area contributed by atoms with Crippen molar-refractivity contribution in [2.75, 3.05) is 18.4 Å². The summed E-state index contributed by atoms with van der Waals surface area (Å²) in [6, 6.07) is 7.41. The normalized spacial score (nSPS) is 10.5. The van der Waals surface area contributed by atoms with E-state index >= 15 is 0 Å². The highest BCUT2D eigenvalue weighted by Gasteiger charge is 2.15. The molecule has 0 saturated heterocycles. The van der Waals surface area contributed by atoms with Gasteiger partial charge in [0.2, 0.25) is 0 Å². The molecule has 0 aliphatic heterocycles. The van der Waals surface area contributed by atoms with Crippen LogP contribution in [0.2, 0.25) is 0 Å². The topological polar surface area (TPSA) is 58.4 Å². The molecule has 0 aromatic carbocycles. The van der Waals surface area contributed by atoms with Gasteiger partial charge in [0, 0.05) is 25.0 Å². The van der Waals surface area contributed by atoms with E-state index in [1.165, 1.54) is 0 Å². The van der Waals surface area contributed by atoms with Crippen molar-refractivity contribution in [2.45, 2.75) is 33.2 Å². The van der Waals surface area contributed by atoms with Gasteiger partial charge in [0.15, 0.2) is 0 Å². The Hall–Kier alpha value is -2.30. The Morgan fingerprint density at radius 2 is 2.05 bits per heavy atom. The van der Waals surface area contributed by atoms with E-state index in [4.69, 9.17) is 4.42 Å². The van der Waals surface area contributed by atoms with Gasteiger partial charge in [-0.05, 0) is 37.1 Å². The molecule has 5 nitrogen and oxygen atoms in total. The van der Waals surface area contributed by atoms with Gasteiger partial charge >= 0.3 is 0 Å². The molecule has 1 N–H and O–H groups in total. The number of pyridine rings is 1. The van der Waals surface area contributed by atoms with E-state index in [0.29, 0.717) is 12.2 Å². The Morgan fingerprint density at radius 1 is 1.27 bits per heavy atom. The van der Waals surface area contributed by atoms with Crippen molar-refractivity contribution < 1.29 is 9.21 Å². The summed E-state index contributed by atoms with van der Waals surface area (Å²) in [5.74, 6) is 0.841. The van der Waals surface area contributed by atoms with Crippen LogP contribution in [0.15, 0.2) is 41.1 Å². The molecular weight excluding hydrogens is 278 g/mol. The minimum absolute atomic E-state index is 0.00894. The highest BCUT2D eigenvalue weighted by molar-refractivity contribution is 5.93. The fraction of sp³-hybridized carbons (Fsp3) is 0.412. The van der Waals surface area contributed by atoms with Gasteiger partial charge in [-0.1, -0.05) is 13.8 Å². The molecule has 1 amide bonds.